The summed E-state index contributed by atoms with van der Waals surface area (Å²) in [7, 11) is 0. The van der Waals surface area contributed by atoms with Gasteiger partial charge in [0.1, 0.15) is 11.6 Å². The van der Waals surface area contributed by atoms with Gasteiger partial charge in [0, 0.05) is 49.8 Å². The topological polar surface area (TPSA) is 126 Å². The van der Waals surface area contributed by atoms with Crippen molar-refractivity contribution >= 4 is 23.8 Å². The number of carbonyl (C=O) groups excluding carboxylic acids is 2. The van der Waals surface area contributed by atoms with Crippen molar-refractivity contribution in [2.75, 3.05) is 26.2 Å². The first-order chi connectivity index (χ1) is 20.8. The minimum atomic E-state index is -0.749. The lowest BCUT2D eigenvalue weighted by Crippen LogP contribution is -2.49. The number of hydrogen-bond donors (Lipinski definition) is 4. The molecule has 2 amide bonds. The average Bonchev–Trinajstić information content (AvgIpc) is 3.15. The lowest BCUT2D eigenvalue weighted by atomic mass is 9.90. The summed E-state index contributed by atoms with van der Waals surface area (Å²) in [6.07, 6.45) is 3.91. The number of amides is 2. The Balaban J connectivity index is 1.47. The molecule has 1 aliphatic rings. The first kappa shape index (κ1) is 31.4. The van der Waals surface area contributed by atoms with E-state index in [4.69, 9.17) is 11.5 Å². The Labute approximate surface area is 250 Å². The number of aliphatic imine (C=N–C) groups is 1. The maximum atomic E-state index is 13.9. The molecular weight excluding hydrogens is 550 g/mol. The molecule has 0 radical (unpaired) electrons. The highest BCUT2D eigenvalue weighted by atomic mass is 19.1. The van der Waals surface area contributed by atoms with Gasteiger partial charge in [-0.3, -0.25) is 14.6 Å². The van der Waals surface area contributed by atoms with Crippen molar-refractivity contribution in [2.45, 2.75) is 37.3 Å². The molecule has 1 fully saturated rings. The summed E-state index contributed by atoms with van der Waals surface area (Å²) in [4.78, 5) is 32.3. The molecule has 1 saturated heterocycles. The van der Waals surface area contributed by atoms with Crippen LogP contribution in [0.2, 0.25) is 0 Å². The van der Waals surface area contributed by atoms with Gasteiger partial charge in [0.05, 0.1) is 6.04 Å². The first-order valence-corrected chi connectivity index (χ1v) is 14.4. The second-order valence-electron chi connectivity index (χ2n) is 10.5. The summed E-state index contributed by atoms with van der Waals surface area (Å²) >= 11 is 0. The van der Waals surface area contributed by atoms with Crippen LogP contribution in [0.5, 0.6) is 0 Å². The molecule has 10 heteroatoms. The van der Waals surface area contributed by atoms with E-state index in [0.717, 1.165) is 35.4 Å². The summed E-state index contributed by atoms with van der Waals surface area (Å²) in [5.41, 5.74) is 12.9. The minimum absolute atomic E-state index is 0.000693. The summed E-state index contributed by atoms with van der Waals surface area (Å²) < 4.78 is 27.9. The minimum Gasteiger partial charge on any atom is -0.370 e. The fraction of sp³-hybridized carbons (Fsp3) is 0.303. The molecule has 0 aliphatic carbocycles. The molecule has 43 heavy (non-hydrogen) atoms. The van der Waals surface area contributed by atoms with E-state index in [2.05, 4.69) is 39.9 Å². The fourth-order valence-corrected chi connectivity index (χ4v) is 5.24. The summed E-state index contributed by atoms with van der Waals surface area (Å²) in [5, 5.41) is 6.22. The van der Waals surface area contributed by atoms with Crippen molar-refractivity contribution in [1.82, 2.24) is 15.5 Å². The number of hydrogen-bond acceptors (Lipinski definition) is 4. The Morgan fingerprint density at radius 1 is 1.00 bits per heavy atom. The van der Waals surface area contributed by atoms with Crippen LogP contribution >= 0.6 is 0 Å². The van der Waals surface area contributed by atoms with E-state index in [1.54, 1.807) is 0 Å². The van der Waals surface area contributed by atoms with E-state index in [0.29, 0.717) is 38.9 Å². The Kier molecular flexibility index (Phi) is 11.4. The van der Waals surface area contributed by atoms with Crippen molar-refractivity contribution in [1.29, 1.82) is 0 Å². The molecule has 0 spiro atoms. The Bertz CT molecular complexity index is 1350. The largest absolute Gasteiger partial charge is 0.370 e. The van der Waals surface area contributed by atoms with Crippen LogP contribution in [0.15, 0.2) is 89.9 Å². The average molecular weight is 589 g/mol. The maximum absolute atomic E-state index is 13.9. The normalized spacial score (nSPS) is 17.2. The van der Waals surface area contributed by atoms with Gasteiger partial charge in [-0.15, -0.1) is 0 Å². The molecule has 6 N–H and O–H groups in total. The van der Waals surface area contributed by atoms with Crippen LogP contribution in [0.1, 0.15) is 41.9 Å². The molecule has 0 bridgehead atoms. The molecule has 4 rings (SSSR count). The number of nitrogens with two attached hydrogens (primary N) is 2. The first-order valence-electron chi connectivity index (χ1n) is 14.4. The smallest absolute Gasteiger partial charge is 0.244 e. The molecule has 0 unspecified atom stereocenters. The van der Waals surface area contributed by atoms with Gasteiger partial charge in [0.15, 0.2) is 5.96 Å². The number of benzene rings is 3. The van der Waals surface area contributed by atoms with Crippen LogP contribution in [0, 0.1) is 11.6 Å². The van der Waals surface area contributed by atoms with Crippen LogP contribution in [0.4, 0.5) is 8.78 Å². The number of halogens is 2. The number of nitrogens with zero attached hydrogens (tertiary/aromatic N) is 2. The van der Waals surface area contributed by atoms with Crippen molar-refractivity contribution in [2.24, 2.45) is 16.5 Å². The van der Waals surface area contributed by atoms with Gasteiger partial charge in [-0.1, -0.05) is 66.7 Å². The van der Waals surface area contributed by atoms with Gasteiger partial charge in [-0.05, 0) is 48.6 Å². The summed E-state index contributed by atoms with van der Waals surface area (Å²) in [6.45, 7) is 1.61. The third-order valence-electron chi connectivity index (χ3n) is 7.47. The molecule has 1 heterocycles. The number of carbonyl (C=O) groups is 2. The highest BCUT2D eigenvalue weighted by molar-refractivity contribution is 5.91. The van der Waals surface area contributed by atoms with Gasteiger partial charge in [0.25, 0.3) is 0 Å². The molecule has 3 aromatic rings. The van der Waals surface area contributed by atoms with Gasteiger partial charge >= 0.3 is 0 Å². The molecule has 0 saturated carbocycles. The van der Waals surface area contributed by atoms with Crippen molar-refractivity contribution in [3.63, 3.8) is 0 Å². The van der Waals surface area contributed by atoms with E-state index >= 15 is 0 Å². The molecule has 2 atom stereocenters. The zero-order chi connectivity index (χ0) is 30.6. The van der Waals surface area contributed by atoms with Crippen LogP contribution in [0.25, 0.3) is 6.08 Å². The van der Waals surface area contributed by atoms with E-state index in [1.807, 2.05) is 41.3 Å². The predicted molar refractivity (Wildman–Crippen MR) is 165 cm³/mol. The van der Waals surface area contributed by atoms with Crippen LogP contribution in [0.3, 0.4) is 0 Å². The van der Waals surface area contributed by atoms with Crippen LogP contribution < -0.4 is 22.1 Å². The Morgan fingerprint density at radius 2 is 1.63 bits per heavy atom. The molecule has 3 aromatic carbocycles. The maximum Gasteiger partial charge on any atom is 0.244 e. The summed E-state index contributed by atoms with van der Waals surface area (Å²) in [5.74, 6) is -2.03. The third-order valence-corrected chi connectivity index (χ3v) is 7.47. The molecule has 8 nitrogen and oxygen atoms in total. The van der Waals surface area contributed by atoms with E-state index in [1.165, 1.54) is 6.07 Å². The van der Waals surface area contributed by atoms with E-state index in [-0.39, 0.29) is 35.9 Å². The number of guanidine groups is 1. The molecule has 1 aliphatic heterocycles. The van der Waals surface area contributed by atoms with Gasteiger partial charge in [-0.25, -0.2) is 8.78 Å². The quantitative estimate of drug-likeness (QED) is 0.112. The molecule has 0 aromatic heterocycles. The highest BCUT2D eigenvalue weighted by Crippen LogP contribution is 2.27. The SMILES string of the molecule is NC(N)=NCCC[C@@H]1N[C@H](CNC(=O)C=Cc2c(F)cccc2F)CCN(CC(c2ccccc2)c2ccccc2)C1=O. The Morgan fingerprint density at radius 3 is 2.23 bits per heavy atom. The number of rotatable bonds is 12. The second kappa shape index (κ2) is 15.6. The molecule has 226 valence electrons. The second-order valence-corrected chi connectivity index (χ2v) is 10.5. The van der Waals surface area contributed by atoms with Crippen molar-refractivity contribution < 1.29 is 18.4 Å². The predicted octanol–water partition coefficient (Wildman–Crippen LogP) is 3.54. The number of nitrogens with one attached hydrogen (secondary N) is 2. The monoisotopic (exact) mass is 588 g/mol. The van der Waals surface area contributed by atoms with Crippen LogP contribution in [-0.2, 0) is 9.59 Å². The lowest BCUT2D eigenvalue weighted by molar-refractivity contribution is -0.133. The highest BCUT2D eigenvalue weighted by Gasteiger charge is 2.32. The Hall–Kier alpha value is -4.57. The van der Waals surface area contributed by atoms with E-state index in [9.17, 15) is 18.4 Å². The lowest BCUT2D eigenvalue weighted by Gasteiger charge is -2.29. The third kappa shape index (κ3) is 9.21. The zero-order valence-corrected chi connectivity index (χ0v) is 24.0. The van der Waals surface area contributed by atoms with Crippen molar-refractivity contribution in [3.8, 4) is 0 Å². The van der Waals surface area contributed by atoms with Gasteiger partial charge < -0.3 is 27.0 Å². The van der Waals surface area contributed by atoms with E-state index < -0.39 is 23.6 Å². The van der Waals surface area contributed by atoms with Gasteiger partial charge in [0.2, 0.25) is 11.8 Å². The zero-order valence-electron chi connectivity index (χ0n) is 24.0. The van der Waals surface area contributed by atoms with Gasteiger partial charge in [-0.2, -0.15) is 0 Å². The molecular formula is C33H38F2N6O2. The van der Waals surface area contributed by atoms with Crippen molar-refractivity contribution in [3.05, 3.63) is 113 Å². The standard InChI is InChI=1S/C33H38F2N6O2/c34-28-13-7-14-29(35)26(28)16-17-31(42)39-21-25-18-20-41(32(43)30(40-25)15-8-19-38-33(36)37)22-27(23-9-3-1-4-10-23)24-11-5-2-6-12-24/h1-7,9-14,16-17,25,27,30,40H,8,15,18-22H2,(H,39,42)(H4,36,37,38)/t25-,30-/m0/s1. The van der Waals surface area contributed by atoms with Crippen LogP contribution in [-0.4, -0.2) is 60.9 Å². The summed E-state index contributed by atoms with van der Waals surface area (Å²) in [6, 6.07) is 23.0. The fourth-order valence-electron chi connectivity index (χ4n) is 5.24.